The van der Waals surface area contributed by atoms with Crippen molar-refractivity contribution in [2.75, 3.05) is 25.5 Å². The summed E-state index contributed by atoms with van der Waals surface area (Å²) in [5.41, 5.74) is 0. The van der Waals surface area contributed by atoms with Crippen LogP contribution < -0.4 is 5.32 Å². The second kappa shape index (κ2) is 5.56. The van der Waals surface area contributed by atoms with Gasteiger partial charge in [0.25, 0.3) is 0 Å². The van der Waals surface area contributed by atoms with Crippen molar-refractivity contribution in [1.82, 2.24) is 15.1 Å². The van der Waals surface area contributed by atoms with Crippen LogP contribution in [0.5, 0.6) is 0 Å². The molecule has 0 atom stereocenters. The fourth-order valence-corrected chi connectivity index (χ4v) is 2.58. The molecule has 1 aromatic heterocycles. The molecule has 2 rings (SSSR count). The number of nitrogens with one attached hydrogen (secondary N) is 1. The third-order valence-corrected chi connectivity index (χ3v) is 3.92. The molecule has 16 heavy (non-hydrogen) atoms. The van der Waals surface area contributed by atoms with Gasteiger partial charge in [-0.05, 0) is 12.8 Å². The van der Waals surface area contributed by atoms with Crippen molar-refractivity contribution in [2.45, 2.75) is 31.8 Å². The molecule has 5 nitrogen and oxygen atoms in total. The second-order valence-corrected chi connectivity index (χ2v) is 5.09. The largest absolute Gasteiger partial charge is 0.395 e. The van der Waals surface area contributed by atoms with Crippen molar-refractivity contribution in [3.05, 3.63) is 5.01 Å². The minimum absolute atomic E-state index is 0.216. The monoisotopic (exact) mass is 242 g/mol. The molecule has 0 unspecified atom stereocenters. The molecule has 1 heterocycles. The highest BCUT2D eigenvalue weighted by molar-refractivity contribution is 7.15. The van der Waals surface area contributed by atoms with Gasteiger partial charge < -0.3 is 10.4 Å². The Morgan fingerprint density at radius 3 is 2.81 bits per heavy atom. The standard InChI is InChI=1S/C10H18N4OS/c1-11-10-13-12-9(16-10)7-14(5-6-15)8-3-2-4-8/h8,15H,2-7H2,1H3,(H,11,13). The van der Waals surface area contributed by atoms with Crippen LogP contribution in [0.25, 0.3) is 0 Å². The maximum Gasteiger partial charge on any atom is 0.205 e. The minimum atomic E-state index is 0.216. The normalized spacial score (nSPS) is 16.4. The van der Waals surface area contributed by atoms with Gasteiger partial charge in [-0.1, -0.05) is 17.8 Å². The minimum Gasteiger partial charge on any atom is -0.395 e. The fraction of sp³-hybridized carbons (Fsp3) is 0.800. The fourth-order valence-electron chi connectivity index (χ4n) is 1.86. The SMILES string of the molecule is CNc1nnc(CN(CCO)C2CCC2)s1. The average molecular weight is 242 g/mol. The van der Waals surface area contributed by atoms with Crippen LogP contribution in [0.4, 0.5) is 5.13 Å². The Hall–Kier alpha value is -0.720. The predicted octanol–water partition coefficient (Wildman–Crippen LogP) is 0.927. The second-order valence-electron chi connectivity index (χ2n) is 4.03. The van der Waals surface area contributed by atoms with Gasteiger partial charge in [0.15, 0.2) is 0 Å². The Labute approximate surface area is 99.5 Å². The van der Waals surface area contributed by atoms with E-state index in [1.165, 1.54) is 19.3 Å². The van der Waals surface area contributed by atoms with Crippen LogP contribution >= 0.6 is 11.3 Å². The van der Waals surface area contributed by atoms with Crippen molar-refractivity contribution in [2.24, 2.45) is 0 Å². The zero-order valence-corrected chi connectivity index (χ0v) is 10.3. The van der Waals surface area contributed by atoms with Gasteiger partial charge in [0, 0.05) is 19.6 Å². The summed E-state index contributed by atoms with van der Waals surface area (Å²) in [4.78, 5) is 2.31. The van der Waals surface area contributed by atoms with E-state index >= 15 is 0 Å². The van der Waals surface area contributed by atoms with E-state index in [-0.39, 0.29) is 6.61 Å². The topological polar surface area (TPSA) is 61.3 Å². The van der Waals surface area contributed by atoms with Crippen LogP contribution in [0.3, 0.4) is 0 Å². The molecule has 90 valence electrons. The third-order valence-electron chi connectivity index (χ3n) is 3.00. The number of anilines is 1. The maximum absolute atomic E-state index is 9.05. The number of hydrogen-bond acceptors (Lipinski definition) is 6. The molecule has 0 spiro atoms. The summed E-state index contributed by atoms with van der Waals surface area (Å²) in [6, 6.07) is 0.633. The molecular formula is C10H18N4OS. The first-order valence-electron chi connectivity index (χ1n) is 5.68. The molecule has 0 radical (unpaired) electrons. The smallest absolute Gasteiger partial charge is 0.205 e. The summed E-state index contributed by atoms with van der Waals surface area (Å²) in [5.74, 6) is 0. The zero-order chi connectivity index (χ0) is 11.4. The van der Waals surface area contributed by atoms with Gasteiger partial charge in [-0.15, -0.1) is 10.2 Å². The van der Waals surface area contributed by atoms with E-state index in [4.69, 9.17) is 5.11 Å². The van der Waals surface area contributed by atoms with Crippen LogP contribution in [0, 0.1) is 0 Å². The molecule has 1 aromatic rings. The first-order valence-corrected chi connectivity index (χ1v) is 6.50. The van der Waals surface area contributed by atoms with Crippen LogP contribution in [0.2, 0.25) is 0 Å². The van der Waals surface area contributed by atoms with E-state index < -0.39 is 0 Å². The van der Waals surface area contributed by atoms with E-state index in [0.29, 0.717) is 6.04 Å². The molecule has 1 aliphatic rings. The van der Waals surface area contributed by atoms with E-state index in [0.717, 1.165) is 23.2 Å². The van der Waals surface area contributed by atoms with Crippen LogP contribution in [0.15, 0.2) is 0 Å². The lowest BCUT2D eigenvalue weighted by atomic mass is 9.91. The van der Waals surface area contributed by atoms with E-state index in [2.05, 4.69) is 20.4 Å². The van der Waals surface area contributed by atoms with Crippen LogP contribution in [-0.4, -0.2) is 46.4 Å². The summed E-state index contributed by atoms with van der Waals surface area (Å²) >= 11 is 1.58. The van der Waals surface area contributed by atoms with Gasteiger partial charge in [0.2, 0.25) is 5.13 Å². The number of rotatable bonds is 6. The van der Waals surface area contributed by atoms with Gasteiger partial charge in [0.05, 0.1) is 13.2 Å². The number of aliphatic hydroxyl groups excluding tert-OH is 1. The Morgan fingerprint density at radius 2 is 2.31 bits per heavy atom. The Balaban J connectivity index is 1.93. The number of aromatic nitrogens is 2. The first kappa shape index (κ1) is 11.8. The van der Waals surface area contributed by atoms with Gasteiger partial charge in [-0.2, -0.15) is 0 Å². The van der Waals surface area contributed by atoms with Gasteiger partial charge >= 0.3 is 0 Å². The Bertz CT molecular complexity index is 326. The van der Waals surface area contributed by atoms with Crippen molar-refractivity contribution in [3.63, 3.8) is 0 Å². The molecule has 0 bridgehead atoms. The molecule has 0 aromatic carbocycles. The Morgan fingerprint density at radius 1 is 1.50 bits per heavy atom. The molecule has 2 N–H and O–H groups in total. The highest BCUT2D eigenvalue weighted by Crippen LogP contribution is 2.27. The first-order chi connectivity index (χ1) is 7.83. The summed E-state index contributed by atoms with van der Waals surface area (Å²) in [7, 11) is 1.85. The summed E-state index contributed by atoms with van der Waals surface area (Å²) in [6.45, 7) is 1.76. The van der Waals surface area contributed by atoms with Gasteiger partial charge in [-0.3, -0.25) is 4.90 Å². The molecular weight excluding hydrogens is 224 g/mol. The molecule has 0 saturated heterocycles. The average Bonchev–Trinajstić information content (AvgIpc) is 2.63. The van der Waals surface area contributed by atoms with E-state index in [1.54, 1.807) is 11.3 Å². The van der Waals surface area contributed by atoms with Crippen LogP contribution in [0.1, 0.15) is 24.3 Å². The lowest BCUT2D eigenvalue weighted by molar-refractivity contribution is 0.0943. The molecule has 0 amide bonds. The molecule has 0 aliphatic heterocycles. The summed E-state index contributed by atoms with van der Waals surface area (Å²) in [5, 5.41) is 22.1. The van der Waals surface area contributed by atoms with Gasteiger partial charge in [-0.25, -0.2) is 0 Å². The van der Waals surface area contributed by atoms with Gasteiger partial charge in [0.1, 0.15) is 5.01 Å². The maximum atomic E-state index is 9.05. The van der Waals surface area contributed by atoms with Crippen molar-refractivity contribution in [3.8, 4) is 0 Å². The molecule has 1 fully saturated rings. The highest BCUT2D eigenvalue weighted by atomic mass is 32.1. The molecule has 1 saturated carbocycles. The van der Waals surface area contributed by atoms with E-state index in [9.17, 15) is 0 Å². The predicted molar refractivity (Wildman–Crippen MR) is 64.6 cm³/mol. The lowest BCUT2D eigenvalue weighted by Gasteiger charge is -2.36. The van der Waals surface area contributed by atoms with E-state index in [1.807, 2.05) is 7.05 Å². The third kappa shape index (κ3) is 2.69. The number of hydrogen-bond donors (Lipinski definition) is 2. The van der Waals surface area contributed by atoms with Crippen LogP contribution in [-0.2, 0) is 6.54 Å². The Kier molecular flexibility index (Phi) is 4.09. The van der Waals surface area contributed by atoms with Crippen molar-refractivity contribution in [1.29, 1.82) is 0 Å². The number of nitrogens with zero attached hydrogens (tertiary/aromatic N) is 3. The molecule has 1 aliphatic carbocycles. The highest BCUT2D eigenvalue weighted by Gasteiger charge is 2.25. The van der Waals surface area contributed by atoms with Crippen molar-refractivity contribution < 1.29 is 5.11 Å². The summed E-state index contributed by atoms with van der Waals surface area (Å²) in [6.07, 6.45) is 3.81. The quantitative estimate of drug-likeness (QED) is 0.777. The molecule has 6 heteroatoms. The summed E-state index contributed by atoms with van der Waals surface area (Å²) < 4.78 is 0. The zero-order valence-electron chi connectivity index (χ0n) is 9.52. The van der Waals surface area contributed by atoms with Crippen molar-refractivity contribution >= 4 is 16.5 Å². The number of aliphatic hydroxyl groups is 1. The lowest BCUT2D eigenvalue weighted by Crippen LogP contribution is -2.41.